The number of fused-ring (bicyclic) bond motifs is 1. The Balaban J connectivity index is 2.21. The van der Waals surface area contributed by atoms with Crippen LogP contribution in [0.3, 0.4) is 0 Å². The van der Waals surface area contributed by atoms with Crippen LogP contribution >= 0.6 is 11.8 Å². The fraction of sp³-hybridized carbons (Fsp3) is 0.556. The molecule has 1 heterocycles. The summed E-state index contributed by atoms with van der Waals surface area (Å²) < 4.78 is 5.73. The van der Waals surface area contributed by atoms with Crippen LogP contribution in [0.4, 0.5) is 0 Å². The van der Waals surface area contributed by atoms with E-state index in [9.17, 15) is 0 Å². The molecule has 1 aliphatic carbocycles. The zero-order chi connectivity index (χ0) is 7.90. The minimum absolute atomic E-state index is 0.0114. The van der Waals surface area contributed by atoms with Gasteiger partial charge in [0.15, 0.2) is 0 Å². The molecular formula is C9H12OS. The first-order chi connectivity index (χ1) is 5.17. The molecule has 2 rings (SSSR count). The van der Waals surface area contributed by atoms with Gasteiger partial charge in [-0.1, -0.05) is 12.2 Å². The molecule has 2 aliphatic rings. The van der Waals surface area contributed by atoms with E-state index in [1.165, 1.54) is 0 Å². The maximum Gasteiger partial charge on any atom is 0.149 e. The van der Waals surface area contributed by atoms with Crippen LogP contribution < -0.4 is 0 Å². The van der Waals surface area contributed by atoms with Gasteiger partial charge in [-0.2, -0.15) is 0 Å². The van der Waals surface area contributed by atoms with E-state index in [1.807, 2.05) is 11.8 Å². The predicted octanol–water partition coefficient (Wildman–Crippen LogP) is 2.70. The monoisotopic (exact) mass is 168 g/mol. The van der Waals surface area contributed by atoms with E-state index < -0.39 is 0 Å². The Kier molecular flexibility index (Phi) is 1.53. The second-order valence-electron chi connectivity index (χ2n) is 3.34. The smallest absolute Gasteiger partial charge is 0.149 e. The summed E-state index contributed by atoms with van der Waals surface area (Å²) in [5.41, 5.74) is 0. The minimum atomic E-state index is -0.0114. The van der Waals surface area contributed by atoms with Gasteiger partial charge in [-0.05, 0) is 26.3 Å². The third kappa shape index (κ3) is 1.32. The lowest BCUT2D eigenvalue weighted by molar-refractivity contribution is 0.129. The highest BCUT2D eigenvalue weighted by atomic mass is 32.2. The van der Waals surface area contributed by atoms with E-state index in [0.29, 0.717) is 5.25 Å². The predicted molar refractivity (Wildman–Crippen MR) is 48.4 cm³/mol. The summed E-state index contributed by atoms with van der Waals surface area (Å²) in [6.07, 6.45) is 7.48. The minimum Gasteiger partial charge on any atom is -0.480 e. The molecule has 0 aromatic rings. The third-order valence-electron chi connectivity index (χ3n) is 1.85. The molecule has 0 N–H and O–H groups in total. The number of rotatable bonds is 0. The Morgan fingerprint density at radius 1 is 1.64 bits per heavy atom. The maximum absolute atomic E-state index is 5.73. The average Bonchev–Trinajstić information content (AvgIpc) is 2.21. The Labute approximate surface area is 71.5 Å². The molecule has 11 heavy (non-hydrogen) atoms. The van der Waals surface area contributed by atoms with Crippen molar-refractivity contribution in [3.63, 3.8) is 0 Å². The van der Waals surface area contributed by atoms with E-state index in [2.05, 4.69) is 32.1 Å². The van der Waals surface area contributed by atoms with Gasteiger partial charge in [-0.3, -0.25) is 0 Å². The van der Waals surface area contributed by atoms with E-state index in [1.54, 1.807) is 0 Å². The number of allylic oxidation sites excluding steroid dienone is 3. The largest absolute Gasteiger partial charge is 0.480 e. The molecule has 0 aromatic carbocycles. The summed E-state index contributed by atoms with van der Waals surface area (Å²) >= 11 is 1.91. The number of hydrogen-bond acceptors (Lipinski definition) is 2. The SMILES string of the molecule is CC1(C)OC2=CC=CCC2S1. The lowest BCUT2D eigenvalue weighted by Crippen LogP contribution is -2.11. The van der Waals surface area contributed by atoms with Crippen molar-refractivity contribution in [3.8, 4) is 0 Å². The first-order valence-electron chi connectivity index (χ1n) is 3.91. The van der Waals surface area contributed by atoms with Crippen LogP contribution in [0.15, 0.2) is 24.0 Å². The second-order valence-corrected chi connectivity index (χ2v) is 5.13. The lowest BCUT2D eigenvalue weighted by atomic mass is 10.1. The molecule has 0 saturated carbocycles. The Morgan fingerprint density at radius 2 is 2.45 bits per heavy atom. The van der Waals surface area contributed by atoms with Crippen molar-refractivity contribution in [3.05, 3.63) is 24.0 Å². The molecule has 1 nitrogen and oxygen atoms in total. The van der Waals surface area contributed by atoms with Crippen molar-refractivity contribution in [2.24, 2.45) is 0 Å². The molecule has 1 fully saturated rings. The van der Waals surface area contributed by atoms with Crippen molar-refractivity contribution >= 4 is 11.8 Å². The van der Waals surface area contributed by atoms with E-state index in [4.69, 9.17) is 4.74 Å². The molecule has 1 saturated heterocycles. The van der Waals surface area contributed by atoms with Crippen molar-refractivity contribution in [1.82, 2.24) is 0 Å². The van der Waals surface area contributed by atoms with Crippen molar-refractivity contribution < 1.29 is 4.74 Å². The van der Waals surface area contributed by atoms with Crippen LogP contribution in [-0.2, 0) is 4.74 Å². The molecule has 0 radical (unpaired) electrons. The molecule has 0 bridgehead atoms. The van der Waals surface area contributed by atoms with Gasteiger partial charge in [-0.15, -0.1) is 11.8 Å². The normalized spacial score (nSPS) is 32.5. The topological polar surface area (TPSA) is 9.23 Å². The van der Waals surface area contributed by atoms with E-state index >= 15 is 0 Å². The van der Waals surface area contributed by atoms with Crippen LogP contribution in [-0.4, -0.2) is 10.2 Å². The molecule has 60 valence electrons. The number of hydrogen-bond donors (Lipinski definition) is 0. The Bertz CT molecular complexity index is 228. The summed E-state index contributed by atoms with van der Waals surface area (Å²) in [5.74, 6) is 1.16. The summed E-state index contributed by atoms with van der Waals surface area (Å²) in [7, 11) is 0. The summed E-state index contributed by atoms with van der Waals surface area (Å²) in [4.78, 5) is -0.0114. The molecule has 1 unspecified atom stereocenters. The van der Waals surface area contributed by atoms with Crippen LogP contribution in [0.5, 0.6) is 0 Å². The fourth-order valence-corrected chi connectivity index (χ4v) is 2.72. The molecule has 0 spiro atoms. The highest BCUT2D eigenvalue weighted by Crippen LogP contribution is 2.45. The lowest BCUT2D eigenvalue weighted by Gasteiger charge is -2.15. The highest BCUT2D eigenvalue weighted by molar-refractivity contribution is 8.01. The van der Waals surface area contributed by atoms with Crippen molar-refractivity contribution in [2.75, 3.05) is 0 Å². The van der Waals surface area contributed by atoms with Gasteiger partial charge in [-0.25, -0.2) is 0 Å². The van der Waals surface area contributed by atoms with Crippen molar-refractivity contribution in [1.29, 1.82) is 0 Å². The van der Waals surface area contributed by atoms with Gasteiger partial charge >= 0.3 is 0 Å². The van der Waals surface area contributed by atoms with E-state index in [-0.39, 0.29) is 4.93 Å². The van der Waals surface area contributed by atoms with Crippen LogP contribution in [0.2, 0.25) is 0 Å². The zero-order valence-corrected chi connectivity index (χ0v) is 7.65. The van der Waals surface area contributed by atoms with Crippen LogP contribution in [0, 0.1) is 0 Å². The summed E-state index contributed by atoms with van der Waals surface area (Å²) in [6, 6.07) is 0. The molecule has 0 aromatic heterocycles. The van der Waals surface area contributed by atoms with Crippen LogP contribution in [0.1, 0.15) is 20.3 Å². The van der Waals surface area contributed by atoms with Gasteiger partial charge < -0.3 is 4.74 Å². The number of thioether (sulfide) groups is 1. The third-order valence-corrected chi connectivity index (χ3v) is 3.21. The molecule has 2 heteroatoms. The van der Waals surface area contributed by atoms with Gasteiger partial charge in [0.25, 0.3) is 0 Å². The molecular weight excluding hydrogens is 156 g/mol. The van der Waals surface area contributed by atoms with Crippen molar-refractivity contribution in [2.45, 2.75) is 30.5 Å². The fourth-order valence-electron chi connectivity index (χ4n) is 1.44. The molecule has 1 aliphatic heterocycles. The number of ether oxygens (including phenoxy) is 1. The van der Waals surface area contributed by atoms with Gasteiger partial charge in [0.05, 0.1) is 5.25 Å². The molecule has 1 atom stereocenters. The van der Waals surface area contributed by atoms with E-state index in [0.717, 1.165) is 12.2 Å². The highest BCUT2D eigenvalue weighted by Gasteiger charge is 2.37. The summed E-state index contributed by atoms with van der Waals surface area (Å²) in [5, 5.41) is 0.579. The first-order valence-corrected chi connectivity index (χ1v) is 4.79. The Morgan fingerprint density at radius 3 is 3.18 bits per heavy atom. The molecule has 0 amide bonds. The first kappa shape index (κ1) is 7.29. The summed E-state index contributed by atoms with van der Waals surface area (Å²) in [6.45, 7) is 4.24. The van der Waals surface area contributed by atoms with Crippen LogP contribution in [0.25, 0.3) is 0 Å². The van der Waals surface area contributed by atoms with Gasteiger partial charge in [0.2, 0.25) is 0 Å². The zero-order valence-electron chi connectivity index (χ0n) is 6.83. The maximum atomic E-state index is 5.73. The van der Waals surface area contributed by atoms with Gasteiger partial charge in [0.1, 0.15) is 10.7 Å². The van der Waals surface area contributed by atoms with Gasteiger partial charge in [0, 0.05) is 0 Å². The quantitative estimate of drug-likeness (QED) is 0.550. The standard InChI is InChI=1S/C9H12OS/c1-9(2)10-7-5-3-4-6-8(7)11-9/h3-5,8H,6H2,1-2H3. The Hall–Kier alpha value is -0.370. The average molecular weight is 168 g/mol. The second kappa shape index (κ2) is 2.31.